The fourth-order valence-corrected chi connectivity index (χ4v) is 1.06. The quantitative estimate of drug-likeness (QED) is 0.559. The van der Waals surface area contributed by atoms with Crippen LogP contribution in [0.2, 0.25) is 0 Å². The van der Waals surface area contributed by atoms with E-state index in [-0.39, 0.29) is 11.9 Å². The lowest BCUT2D eigenvalue weighted by Crippen LogP contribution is -2.16. The van der Waals surface area contributed by atoms with Gasteiger partial charge in [-0.3, -0.25) is 4.79 Å². The summed E-state index contributed by atoms with van der Waals surface area (Å²) in [5.74, 6) is 0.740. The van der Waals surface area contributed by atoms with Crippen molar-refractivity contribution in [2.24, 2.45) is 11.8 Å². The van der Waals surface area contributed by atoms with Crippen LogP contribution in [-0.2, 0) is 9.53 Å². The van der Waals surface area contributed by atoms with Crippen molar-refractivity contribution in [2.45, 2.75) is 26.7 Å². The van der Waals surface area contributed by atoms with Crippen LogP contribution in [0.15, 0.2) is 0 Å². The maximum absolute atomic E-state index is 11.0. The van der Waals surface area contributed by atoms with Crippen LogP contribution >= 0.6 is 0 Å². The molecule has 0 heterocycles. The largest absolute Gasteiger partial charge is 0.466 e. The van der Waals surface area contributed by atoms with Crippen LogP contribution in [0.4, 0.5) is 0 Å². The van der Waals surface area contributed by atoms with Crippen LogP contribution in [0, 0.1) is 11.8 Å². The van der Waals surface area contributed by atoms with E-state index in [0.29, 0.717) is 12.5 Å². The Morgan fingerprint density at radius 3 is 2.70 bits per heavy atom. The summed E-state index contributed by atoms with van der Waals surface area (Å²) in [6, 6.07) is 0. The highest BCUT2D eigenvalue weighted by molar-refractivity contribution is 5.72. The topological polar surface area (TPSA) is 26.3 Å². The molecule has 0 aromatic carbocycles. The summed E-state index contributed by atoms with van der Waals surface area (Å²) in [7, 11) is 0. The molecule has 1 aliphatic carbocycles. The minimum atomic E-state index is -0.0231. The summed E-state index contributed by atoms with van der Waals surface area (Å²) in [6.45, 7) is 4.31. The van der Waals surface area contributed by atoms with Gasteiger partial charge in [0.05, 0.1) is 12.5 Å². The Labute approximate surface area is 61.6 Å². The van der Waals surface area contributed by atoms with Crippen LogP contribution in [0.1, 0.15) is 26.7 Å². The van der Waals surface area contributed by atoms with E-state index in [1.54, 1.807) is 0 Å². The molecule has 0 saturated heterocycles. The maximum Gasteiger partial charge on any atom is 0.308 e. The van der Waals surface area contributed by atoms with E-state index < -0.39 is 0 Å². The highest BCUT2D eigenvalue weighted by Crippen LogP contribution is 2.36. The number of carbonyl (C=O) groups is 1. The summed E-state index contributed by atoms with van der Waals surface area (Å²) in [5.41, 5.74) is 0. The molecule has 0 aliphatic heterocycles. The third kappa shape index (κ3) is 1.72. The highest BCUT2D eigenvalue weighted by Gasteiger charge is 2.33. The van der Waals surface area contributed by atoms with Gasteiger partial charge in [0.25, 0.3) is 0 Å². The molecule has 1 aliphatic rings. The molecule has 0 aromatic heterocycles. The molecule has 0 N–H and O–H groups in total. The number of hydrogen-bond donors (Lipinski definition) is 0. The van der Waals surface area contributed by atoms with Gasteiger partial charge in [-0.1, -0.05) is 6.92 Å². The van der Waals surface area contributed by atoms with Crippen LogP contribution in [0.3, 0.4) is 0 Å². The van der Waals surface area contributed by atoms with Crippen molar-refractivity contribution in [3.63, 3.8) is 0 Å². The van der Waals surface area contributed by atoms with Crippen molar-refractivity contribution in [2.75, 3.05) is 6.61 Å². The second-order valence-electron chi connectivity index (χ2n) is 2.88. The standard InChI is InChI=1S/C8H14O2/c1-3-10-8(9)6(2)7-4-5-7/h6-7H,3-5H2,1-2H3. The molecule has 1 rings (SSSR count). The van der Waals surface area contributed by atoms with Crippen LogP contribution in [-0.4, -0.2) is 12.6 Å². The number of carbonyl (C=O) groups excluding carboxylic acids is 1. The molecular formula is C8H14O2. The first-order chi connectivity index (χ1) is 4.75. The Hall–Kier alpha value is -0.530. The molecule has 1 fully saturated rings. The smallest absolute Gasteiger partial charge is 0.308 e. The van der Waals surface area contributed by atoms with E-state index in [9.17, 15) is 4.79 Å². The summed E-state index contributed by atoms with van der Waals surface area (Å²) >= 11 is 0. The minimum absolute atomic E-state index is 0.0231. The van der Waals surface area contributed by atoms with E-state index in [4.69, 9.17) is 4.74 Å². The van der Waals surface area contributed by atoms with Crippen LogP contribution in [0.5, 0.6) is 0 Å². The van der Waals surface area contributed by atoms with E-state index in [2.05, 4.69) is 0 Å². The van der Waals surface area contributed by atoms with Crippen LogP contribution in [0.25, 0.3) is 0 Å². The third-order valence-electron chi connectivity index (χ3n) is 1.99. The zero-order valence-corrected chi connectivity index (χ0v) is 6.59. The molecule has 2 nitrogen and oxygen atoms in total. The SMILES string of the molecule is CCOC(=O)C(C)C1CC1. The van der Waals surface area contributed by atoms with Gasteiger partial charge in [-0.05, 0) is 25.7 Å². The van der Waals surface area contributed by atoms with Gasteiger partial charge in [0.1, 0.15) is 0 Å². The molecule has 0 amide bonds. The van der Waals surface area contributed by atoms with E-state index in [1.807, 2.05) is 13.8 Å². The van der Waals surface area contributed by atoms with E-state index in [0.717, 1.165) is 0 Å². The predicted octanol–water partition coefficient (Wildman–Crippen LogP) is 1.60. The first-order valence-electron chi connectivity index (χ1n) is 3.92. The summed E-state index contributed by atoms with van der Waals surface area (Å²) in [5, 5.41) is 0. The molecule has 0 bridgehead atoms. The van der Waals surface area contributed by atoms with Crippen molar-refractivity contribution < 1.29 is 9.53 Å². The normalized spacial score (nSPS) is 20.2. The summed E-state index contributed by atoms with van der Waals surface area (Å²) in [6.07, 6.45) is 2.42. The molecule has 0 radical (unpaired) electrons. The monoisotopic (exact) mass is 142 g/mol. The lowest BCUT2D eigenvalue weighted by Gasteiger charge is -2.07. The number of ether oxygens (including phenoxy) is 1. The molecule has 0 aromatic rings. The lowest BCUT2D eigenvalue weighted by atomic mass is 10.1. The predicted molar refractivity (Wildman–Crippen MR) is 38.5 cm³/mol. The summed E-state index contributed by atoms with van der Waals surface area (Å²) in [4.78, 5) is 11.0. The van der Waals surface area contributed by atoms with Gasteiger partial charge in [0.2, 0.25) is 0 Å². The lowest BCUT2D eigenvalue weighted by molar-refractivity contribution is -0.148. The van der Waals surface area contributed by atoms with E-state index in [1.165, 1.54) is 12.8 Å². The van der Waals surface area contributed by atoms with Gasteiger partial charge < -0.3 is 4.74 Å². The van der Waals surface area contributed by atoms with Crippen LogP contribution < -0.4 is 0 Å². The van der Waals surface area contributed by atoms with Crippen molar-refractivity contribution in [1.29, 1.82) is 0 Å². The molecule has 2 heteroatoms. The van der Waals surface area contributed by atoms with Gasteiger partial charge in [-0.25, -0.2) is 0 Å². The Balaban J connectivity index is 2.24. The second-order valence-corrected chi connectivity index (χ2v) is 2.88. The highest BCUT2D eigenvalue weighted by atomic mass is 16.5. The Kier molecular flexibility index (Phi) is 2.30. The fourth-order valence-electron chi connectivity index (χ4n) is 1.06. The second kappa shape index (κ2) is 3.04. The van der Waals surface area contributed by atoms with Crippen molar-refractivity contribution in [3.8, 4) is 0 Å². The average Bonchev–Trinajstić information content (AvgIpc) is 2.68. The van der Waals surface area contributed by atoms with Crippen molar-refractivity contribution >= 4 is 5.97 Å². The number of hydrogen-bond acceptors (Lipinski definition) is 2. The van der Waals surface area contributed by atoms with Gasteiger partial charge >= 0.3 is 5.97 Å². The zero-order valence-electron chi connectivity index (χ0n) is 6.59. The van der Waals surface area contributed by atoms with Crippen molar-refractivity contribution in [3.05, 3.63) is 0 Å². The molecule has 58 valence electrons. The Morgan fingerprint density at radius 2 is 2.30 bits per heavy atom. The number of esters is 1. The molecule has 1 saturated carbocycles. The summed E-state index contributed by atoms with van der Waals surface area (Å²) < 4.78 is 4.87. The first-order valence-corrected chi connectivity index (χ1v) is 3.92. The minimum Gasteiger partial charge on any atom is -0.466 e. The number of rotatable bonds is 3. The third-order valence-corrected chi connectivity index (χ3v) is 1.99. The first kappa shape index (κ1) is 7.58. The zero-order chi connectivity index (χ0) is 7.56. The molecule has 1 atom stereocenters. The molecule has 10 heavy (non-hydrogen) atoms. The fraction of sp³-hybridized carbons (Fsp3) is 0.875. The van der Waals surface area contributed by atoms with Gasteiger partial charge in [0, 0.05) is 0 Å². The van der Waals surface area contributed by atoms with Gasteiger partial charge in [-0.15, -0.1) is 0 Å². The molecule has 1 unspecified atom stereocenters. The molecule has 0 spiro atoms. The molecular weight excluding hydrogens is 128 g/mol. The van der Waals surface area contributed by atoms with Gasteiger partial charge in [0.15, 0.2) is 0 Å². The van der Waals surface area contributed by atoms with E-state index >= 15 is 0 Å². The van der Waals surface area contributed by atoms with Gasteiger partial charge in [-0.2, -0.15) is 0 Å². The Morgan fingerprint density at radius 1 is 1.70 bits per heavy atom. The van der Waals surface area contributed by atoms with Crippen molar-refractivity contribution in [1.82, 2.24) is 0 Å². The maximum atomic E-state index is 11.0. The Bertz CT molecular complexity index is 127. The average molecular weight is 142 g/mol.